The van der Waals surface area contributed by atoms with Gasteiger partial charge in [0.25, 0.3) is 0 Å². The number of aryl methyl sites for hydroxylation is 2. The molecule has 0 saturated heterocycles. The number of hydrogen-bond acceptors (Lipinski definition) is 4. The monoisotopic (exact) mass is 408 g/mol. The van der Waals surface area contributed by atoms with E-state index in [1.165, 1.54) is 38.1 Å². The molecule has 0 saturated carbocycles. The van der Waals surface area contributed by atoms with Crippen molar-refractivity contribution in [3.63, 3.8) is 0 Å². The number of benzene rings is 1. The number of nitrogens with zero attached hydrogens (tertiary/aromatic N) is 2. The van der Waals surface area contributed by atoms with Crippen LogP contribution in [0.4, 0.5) is 0 Å². The zero-order chi connectivity index (χ0) is 20.5. The molecule has 3 heterocycles. The first-order valence-corrected chi connectivity index (χ1v) is 11.2. The fraction of sp³-hybridized carbons (Fsp3) is 0.417. The fourth-order valence-corrected chi connectivity index (χ4v) is 5.68. The van der Waals surface area contributed by atoms with E-state index in [9.17, 15) is 4.79 Å². The van der Waals surface area contributed by atoms with E-state index in [4.69, 9.17) is 10.1 Å². The lowest BCUT2D eigenvalue weighted by Crippen LogP contribution is -2.25. The van der Waals surface area contributed by atoms with E-state index in [-0.39, 0.29) is 6.42 Å². The minimum atomic E-state index is -0.718. The summed E-state index contributed by atoms with van der Waals surface area (Å²) in [4.78, 5) is 20.9. The predicted octanol–water partition coefficient (Wildman–Crippen LogP) is 5.37. The zero-order valence-corrected chi connectivity index (χ0v) is 18.2. The highest BCUT2D eigenvalue weighted by molar-refractivity contribution is 7.19. The minimum absolute atomic E-state index is 0.231. The molecule has 1 aromatic carbocycles. The highest BCUT2D eigenvalue weighted by Crippen LogP contribution is 2.42. The van der Waals surface area contributed by atoms with Crippen LogP contribution in [0.15, 0.2) is 24.3 Å². The summed E-state index contributed by atoms with van der Waals surface area (Å²) in [7, 11) is 2.18. The second-order valence-electron chi connectivity index (χ2n) is 8.19. The van der Waals surface area contributed by atoms with Crippen LogP contribution in [-0.4, -0.2) is 34.6 Å². The van der Waals surface area contributed by atoms with Crippen LogP contribution in [0.1, 0.15) is 46.5 Å². The molecule has 3 aromatic rings. The summed E-state index contributed by atoms with van der Waals surface area (Å²) < 4.78 is 0. The van der Waals surface area contributed by atoms with Crippen LogP contribution in [-0.2, 0) is 24.2 Å². The molecule has 4 rings (SSSR count). The van der Waals surface area contributed by atoms with Crippen molar-refractivity contribution in [1.29, 1.82) is 0 Å². The summed E-state index contributed by atoms with van der Waals surface area (Å²) in [5, 5.41) is 10.3. The Morgan fingerprint density at radius 1 is 1.21 bits per heavy atom. The van der Waals surface area contributed by atoms with Crippen LogP contribution in [0.5, 0.6) is 0 Å². The third-order valence-electron chi connectivity index (χ3n) is 5.89. The molecule has 4 nitrogen and oxygen atoms in total. The number of pyridine rings is 1. The predicted molar refractivity (Wildman–Crippen MR) is 120 cm³/mol. The summed E-state index contributed by atoms with van der Waals surface area (Å²) in [6.45, 7) is 6.30. The van der Waals surface area contributed by atoms with Crippen molar-refractivity contribution in [3.05, 3.63) is 51.5 Å². The Balaban J connectivity index is 1.86. The molecule has 0 spiro atoms. The minimum Gasteiger partial charge on any atom is -0.481 e. The molecule has 0 bridgehead atoms. The van der Waals surface area contributed by atoms with Crippen molar-refractivity contribution in [3.8, 4) is 11.1 Å². The van der Waals surface area contributed by atoms with Gasteiger partial charge >= 0.3 is 5.97 Å². The van der Waals surface area contributed by atoms with E-state index in [2.05, 4.69) is 50.1 Å². The number of thiophene rings is 1. The number of likely N-dealkylation sites (N-methyl/N-ethyl adjacent to an activating group) is 1. The molecule has 0 unspecified atom stereocenters. The van der Waals surface area contributed by atoms with Crippen molar-refractivity contribution in [2.75, 3.05) is 13.6 Å². The van der Waals surface area contributed by atoms with E-state index < -0.39 is 5.97 Å². The lowest BCUT2D eigenvalue weighted by molar-refractivity contribution is -0.137. The number of hydrogen-bond donors (Lipinski definition) is 1. The Kier molecular flexibility index (Phi) is 5.70. The molecule has 0 radical (unpaired) electrons. The van der Waals surface area contributed by atoms with Gasteiger partial charge in [-0.25, -0.2) is 4.98 Å². The fourth-order valence-electron chi connectivity index (χ4n) is 4.33. The lowest BCUT2D eigenvalue weighted by Gasteiger charge is -2.23. The van der Waals surface area contributed by atoms with Crippen molar-refractivity contribution in [1.82, 2.24) is 9.88 Å². The molecule has 2 aromatic heterocycles. The van der Waals surface area contributed by atoms with Crippen LogP contribution in [0.2, 0.25) is 0 Å². The van der Waals surface area contributed by atoms with Crippen molar-refractivity contribution < 1.29 is 9.90 Å². The molecule has 0 fully saturated rings. The van der Waals surface area contributed by atoms with E-state index in [1.54, 1.807) is 0 Å². The normalized spacial score (nSPS) is 14.3. The quantitative estimate of drug-likeness (QED) is 0.558. The molecule has 5 heteroatoms. The van der Waals surface area contributed by atoms with E-state index in [0.29, 0.717) is 6.42 Å². The van der Waals surface area contributed by atoms with Gasteiger partial charge in [-0.3, -0.25) is 4.79 Å². The number of aliphatic carboxylic acids is 1. The van der Waals surface area contributed by atoms with E-state index in [0.717, 1.165) is 42.9 Å². The van der Waals surface area contributed by atoms with Gasteiger partial charge in [0.15, 0.2) is 0 Å². The molecule has 0 aliphatic carbocycles. The van der Waals surface area contributed by atoms with Gasteiger partial charge in [-0.1, -0.05) is 29.8 Å². The number of aromatic nitrogens is 1. The Bertz CT molecular complexity index is 1050. The molecular formula is C24H28N2O2S. The number of unbranched alkanes of at least 4 members (excludes halogenated alkanes) is 1. The SMILES string of the molecule is Cc1ccc(-c2c(CCCCC(=O)O)c(C)nc3sc4c(c23)CCN(C)C4)cc1. The summed E-state index contributed by atoms with van der Waals surface area (Å²) in [5.41, 5.74) is 7.66. The first kappa shape index (κ1) is 20.0. The van der Waals surface area contributed by atoms with Crippen LogP contribution in [0.3, 0.4) is 0 Å². The van der Waals surface area contributed by atoms with Gasteiger partial charge in [0.05, 0.1) is 0 Å². The number of fused-ring (bicyclic) bond motifs is 3. The summed E-state index contributed by atoms with van der Waals surface area (Å²) in [5.74, 6) is -0.718. The van der Waals surface area contributed by atoms with Gasteiger partial charge in [-0.15, -0.1) is 11.3 Å². The third kappa shape index (κ3) is 4.07. The van der Waals surface area contributed by atoms with Gasteiger partial charge in [0.1, 0.15) is 4.83 Å². The molecule has 1 N–H and O–H groups in total. The van der Waals surface area contributed by atoms with Crippen molar-refractivity contribution in [2.24, 2.45) is 0 Å². The molecule has 0 atom stereocenters. The lowest BCUT2D eigenvalue weighted by atomic mass is 9.89. The molecule has 1 aliphatic heterocycles. The Labute approximate surface area is 176 Å². The maximum absolute atomic E-state index is 10.9. The Hall–Kier alpha value is -2.24. The number of carbonyl (C=O) groups is 1. The Morgan fingerprint density at radius 2 is 1.97 bits per heavy atom. The second kappa shape index (κ2) is 8.25. The van der Waals surface area contributed by atoms with Crippen molar-refractivity contribution >= 4 is 27.5 Å². The molecule has 0 amide bonds. The third-order valence-corrected chi connectivity index (χ3v) is 7.01. The summed E-state index contributed by atoms with van der Waals surface area (Å²) in [6.07, 6.45) is 3.74. The smallest absolute Gasteiger partial charge is 0.303 e. The first-order valence-electron chi connectivity index (χ1n) is 10.3. The molecular weight excluding hydrogens is 380 g/mol. The highest BCUT2D eigenvalue weighted by atomic mass is 32.1. The standard InChI is InChI=1S/C24H28N2O2S/c1-15-8-10-17(11-9-15)22-18(6-4-5-7-21(27)28)16(2)25-24-23(22)19-12-13-26(3)14-20(19)29-24/h8-11H,4-7,12-14H2,1-3H3,(H,27,28). The maximum atomic E-state index is 10.9. The average Bonchev–Trinajstić information content (AvgIpc) is 3.02. The molecule has 29 heavy (non-hydrogen) atoms. The van der Waals surface area contributed by atoms with Gasteiger partial charge in [-0.05, 0) is 68.8 Å². The van der Waals surface area contributed by atoms with Gasteiger partial charge in [-0.2, -0.15) is 0 Å². The molecule has 152 valence electrons. The van der Waals surface area contributed by atoms with E-state index >= 15 is 0 Å². The van der Waals surface area contributed by atoms with Gasteiger partial charge in [0.2, 0.25) is 0 Å². The Morgan fingerprint density at radius 3 is 2.69 bits per heavy atom. The second-order valence-corrected chi connectivity index (χ2v) is 9.27. The highest BCUT2D eigenvalue weighted by Gasteiger charge is 2.24. The van der Waals surface area contributed by atoms with Crippen LogP contribution < -0.4 is 0 Å². The average molecular weight is 409 g/mol. The topological polar surface area (TPSA) is 53.4 Å². The van der Waals surface area contributed by atoms with Gasteiger partial charge in [0, 0.05) is 35.5 Å². The number of carboxylic acid groups (broad SMARTS) is 1. The zero-order valence-electron chi connectivity index (χ0n) is 17.4. The first-order chi connectivity index (χ1) is 13.9. The summed E-state index contributed by atoms with van der Waals surface area (Å²) >= 11 is 1.84. The molecule has 1 aliphatic rings. The van der Waals surface area contributed by atoms with E-state index in [1.807, 2.05) is 11.3 Å². The number of carboxylic acids is 1. The van der Waals surface area contributed by atoms with Gasteiger partial charge < -0.3 is 10.0 Å². The maximum Gasteiger partial charge on any atom is 0.303 e. The van der Waals surface area contributed by atoms with Crippen LogP contribution in [0.25, 0.3) is 21.3 Å². The number of rotatable bonds is 6. The largest absolute Gasteiger partial charge is 0.481 e. The van der Waals surface area contributed by atoms with Crippen LogP contribution in [0, 0.1) is 13.8 Å². The van der Waals surface area contributed by atoms with Crippen LogP contribution >= 0.6 is 11.3 Å². The summed E-state index contributed by atoms with van der Waals surface area (Å²) in [6, 6.07) is 8.81. The van der Waals surface area contributed by atoms with Crippen molar-refractivity contribution in [2.45, 2.75) is 52.5 Å².